The summed E-state index contributed by atoms with van der Waals surface area (Å²) < 4.78 is 5.75. The summed E-state index contributed by atoms with van der Waals surface area (Å²) in [6.45, 7) is 1.14. The molecule has 1 heterocycles. The van der Waals surface area contributed by atoms with E-state index in [-0.39, 0.29) is 11.5 Å². The standard InChI is InChI=1S/C18H27NO2/c19-13-18(17(20)12-14-6-2-1-3-7-14)10-11-21-16-9-5-4-8-15(16)18/h4-5,8-9,14,17,20H,1-3,6-7,10-13,19H2. The first kappa shape index (κ1) is 14.9. The number of rotatable bonds is 4. The molecule has 1 aliphatic heterocycles. The Bertz CT molecular complexity index is 470. The van der Waals surface area contributed by atoms with Crippen molar-refractivity contribution >= 4 is 0 Å². The zero-order valence-corrected chi connectivity index (χ0v) is 12.8. The van der Waals surface area contributed by atoms with Crippen molar-refractivity contribution in [1.29, 1.82) is 0 Å². The molecule has 1 fully saturated rings. The fourth-order valence-corrected chi connectivity index (χ4v) is 4.14. The van der Waals surface area contributed by atoms with Gasteiger partial charge in [-0.15, -0.1) is 0 Å². The van der Waals surface area contributed by atoms with Gasteiger partial charge in [0.05, 0.1) is 12.7 Å². The molecule has 0 bridgehead atoms. The van der Waals surface area contributed by atoms with E-state index in [2.05, 4.69) is 6.07 Å². The largest absolute Gasteiger partial charge is 0.493 e. The average molecular weight is 289 g/mol. The van der Waals surface area contributed by atoms with Crippen molar-refractivity contribution in [2.45, 2.75) is 56.5 Å². The molecule has 1 aromatic carbocycles. The molecule has 1 aliphatic carbocycles. The first-order valence-electron chi connectivity index (χ1n) is 8.37. The van der Waals surface area contributed by atoms with Gasteiger partial charge in [-0.2, -0.15) is 0 Å². The lowest BCUT2D eigenvalue weighted by molar-refractivity contribution is 0.0312. The van der Waals surface area contributed by atoms with E-state index in [0.717, 1.165) is 24.2 Å². The van der Waals surface area contributed by atoms with Crippen LogP contribution in [0, 0.1) is 5.92 Å². The highest BCUT2D eigenvalue weighted by molar-refractivity contribution is 5.42. The first-order chi connectivity index (χ1) is 10.3. The minimum atomic E-state index is -0.365. The van der Waals surface area contributed by atoms with E-state index in [0.29, 0.717) is 19.1 Å². The second-order valence-electron chi connectivity index (χ2n) is 6.71. The van der Waals surface area contributed by atoms with Crippen LogP contribution in [-0.4, -0.2) is 24.4 Å². The van der Waals surface area contributed by atoms with Crippen LogP contribution in [0.25, 0.3) is 0 Å². The molecule has 3 N–H and O–H groups in total. The highest BCUT2D eigenvalue weighted by Crippen LogP contribution is 2.43. The normalized spacial score (nSPS) is 27.7. The molecule has 3 nitrogen and oxygen atoms in total. The van der Waals surface area contributed by atoms with Gasteiger partial charge in [-0.05, 0) is 24.8 Å². The average Bonchev–Trinajstić information content (AvgIpc) is 2.55. The van der Waals surface area contributed by atoms with Crippen LogP contribution in [0.1, 0.15) is 50.5 Å². The molecule has 2 atom stereocenters. The van der Waals surface area contributed by atoms with E-state index in [4.69, 9.17) is 10.5 Å². The van der Waals surface area contributed by atoms with Gasteiger partial charge >= 0.3 is 0 Å². The van der Waals surface area contributed by atoms with Gasteiger partial charge in [0.1, 0.15) is 5.75 Å². The Labute approximate surface area is 127 Å². The Kier molecular flexibility index (Phi) is 4.51. The van der Waals surface area contributed by atoms with Gasteiger partial charge in [0.25, 0.3) is 0 Å². The summed E-state index contributed by atoms with van der Waals surface area (Å²) in [7, 11) is 0. The van der Waals surface area contributed by atoms with Crippen molar-refractivity contribution < 1.29 is 9.84 Å². The smallest absolute Gasteiger partial charge is 0.123 e. The third-order valence-electron chi connectivity index (χ3n) is 5.51. The topological polar surface area (TPSA) is 55.5 Å². The number of aliphatic hydroxyl groups excluding tert-OH is 1. The molecular formula is C18H27NO2. The molecule has 3 rings (SSSR count). The zero-order chi connectivity index (χ0) is 14.7. The molecule has 0 radical (unpaired) electrons. The van der Waals surface area contributed by atoms with Crippen LogP contribution in [0.2, 0.25) is 0 Å². The third kappa shape index (κ3) is 2.82. The predicted molar refractivity (Wildman–Crippen MR) is 84.5 cm³/mol. The SMILES string of the molecule is NCC1(C(O)CC2CCCCC2)CCOc2ccccc21. The van der Waals surface area contributed by atoms with E-state index < -0.39 is 0 Å². The van der Waals surface area contributed by atoms with Gasteiger partial charge in [0.15, 0.2) is 0 Å². The van der Waals surface area contributed by atoms with Crippen LogP contribution < -0.4 is 10.5 Å². The van der Waals surface area contributed by atoms with Crippen molar-refractivity contribution in [3.63, 3.8) is 0 Å². The Hall–Kier alpha value is -1.06. The molecule has 0 amide bonds. The van der Waals surface area contributed by atoms with E-state index in [1.807, 2.05) is 18.2 Å². The van der Waals surface area contributed by atoms with Crippen molar-refractivity contribution in [3.8, 4) is 5.75 Å². The lowest BCUT2D eigenvalue weighted by Crippen LogP contribution is -2.49. The number of hydrogen-bond acceptors (Lipinski definition) is 3. The summed E-state index contributed by atoms with van der Waals surface area (Å²) in [5.41, 5.74) is 6.92. The Morgan fingerprint density at radius 1 is 1.24 bits per heavy atom. The van der Waals surface area contributed by atoms with E-state index in [9.17, 15) is 5.11 Å². The molecule has 21 heavy (non-hydrogen) atoms. The first-order valence-corrected chi connectivity index (χ1v) is 8.37. The summed E-state index contributed by atoms with van der Waals surface area (Å²) in [5.74, 6) is 1.56. The lowest BCUT2D eigenvalue weighted by Gasteiger charge is -2.43. The molecule has 0 saturated heterocycles. The predicted octanol–water partition coefficient (Wildman–Crippen LogP) is 3.00. The number of fused-ring (bicyclic) bond motifs is 1. The second-order valence-corrected chi connectivity index (χ2v) is 6.71. The monoisotopic (exact) mass is 289 g/mol. The van der Waals surface area contributed by atoms with Crippen molar-refractivity contribution in [2.24, 2.45) is 11.7 Å². The van der Waals surface area contributed by atoms with Crippen LogP contribution in [0.5, 0.6) is 5.75 Å². The molecule has 2 aliphatic rings. The summed E-state index contributed by atoms with van der Waals surface area (Å²) in [5, 5.41) is 11.0. The number of benzene rings is 1. The van der Waals surface area contributed by atoms with Crippen molar-refractivity contribution in [1.82, 2.24) is 0 Å². The van der Waals surface area contributed by atoms with Crippen molar-refractivity contribution in [2.75, 3.05) is 13.2 Å². The summed E-state index contributed by atoms with van der Waals surface area (Å²) in [6.07, 6.45) is 7.83. The molecule has 2 unspecified atom stereocenters. The minimum absolute atomic E-state index is 0.327. The van der Waals surface area contributed by atoms with E-state index >= 15 is 0 Å². The quantitative estimate of drug-likeness (QED) is 0.896. The number of hydrogen-bond donors (Lipinski definition) is 2. The Balaban J connectivity index is 1.83. The maximum absolute atomic E-state index is 11.0. The molecule has 0 spiro atoms. The van der Waals surface area contributed by atoms with Crippen LogP contribution in [0.15, 0.2) is 24.3 Å². The second kappa shape index (κ2) is 6.37. The lowest BCUT2D eigenvalue weighted by atomic mass is 9.68. The molecule has 116 valence electrons. The summed E-state index contributed by atoms with van der Waals surface area (Å²) in [4.78, 5) is 0. The maximum atomic E-state index is 11.0. The molecule has 0 aromatic heterocycles. The number of ether oxygens (including phenoxy) is 1. The van der Waals surface area contributed by atoms with E-state index in [1.165, 1.54) is 32.1 Å². The molecule has 1 saturated carbocycles. The molecular weight excluding hydrogens is 262 g/mol. The van der Waals surface area contributed by atoms with Gasteiger partial charge in [0.2, 0.25) is 0 Å². The van der Waals surface area contributed by atoms with Gasteiger partial charge in [0, 0.05) is 17.5 Å². The van der Waals surface area contributed by atoms with Gasteiger partial charge in [-0.25, -0.2) is 0 Å². The van der Waals surface area contributed by atoms with E-state index in [1.54, 1.807) is 0 Å². The van der Waals surface area contributed by atoms with Gasteiger partial charge in [-0.3, -0.25) is 0 Å². The maximum Gasteiger partial charge on any atom is 0.123 e. The summed E-state index contributed by atoms with van der Waals surface area (Å²) >= 11 is 0. The highest BCUT2D eigenvalue weighted by Gasteiger charge is 2.43. The fourth-order valence-electron chi connectivity index (χ4n) is 4.14. The van der Waals surface area contributed by atoms with Crippen LogP contribution in [0.3, 0.4) is 0 Å². The zero-order valence-electron chi connectivity index (χ0n) is 12.8. The van der Waals surface area contributed by atoms with Crippen LogP contribution in [0.4, 0.5) is 0 Å². The summed E-state index contributed by atoms with van der Waals surface area (Å²) in [6, 6.07) is 8.07. The highest BCUT2D eigenvalue weighted by atomic mass is 16.5. The van der Waals surface area contributed by atoms with Gasteiger partial charge in [-0.1, -0.05) is 50.3 Å². The van der Waals surface area contributed by atoms with Crippen LogP contribution >= 0.6 is 0 Å². The molecule has 3 heteroatoms. The third-order valence-corrected chi connectivity index (χ3v) is 5.51. The van der Waals surface area contributed by atoms with Crippen molar-refractivity contribution in [3.05, 3.63) is 29.8 Å². The number of nitrogens with two attached hydrogens (primary N) is 1. The minimum Gasteiger partial charge on any atom is -0.493 e. The fraction of sp³-hybridized carbons (Fsp3) is 0.667. The number of para-hydroxylation sites is 1. The Morgan fingerprint density at radius 2 is 2.00 bits per heavy atom. The Morgan fingerprint density at radius 3 is 2.76 bits per heavy atom. The number of aliphatic hydroxyl groups is 1. The van der Waals surface area contributed by atoms with Crippen LogP contribution in [-0.2, 0) is 5.41 Å². The van der Waals surface area contributed by atoms with Gasteiger partial charge < -0.3 is 15.6 Å². The molecule has 1 aromatic rings.